The molecule has 0 saturated heterocycles. The minimum absolute atomic E-state index is 0.329. The van der Waals surface area contributed by atoms with Crippen molar-refractivity contribution in [1.82, 2.24) is 5.32 Å². The number of carbonyl (C=O) groups is 2. The fourth-order valence-electron chi connectivity index (χ4n) is 0.412. The smallest absolute Gasteiger partial charge is 0.222 e. The normalized spacial score (nSPS) is 14.2. The Morgan fingerprint density at radius 1 is 1.42 bits per heavy atom. The van der Waals surface area contributed by atoms with E-state index in [0.29, 0.717) is 0 Å². The van der Waals surface area contributed by atoms with Crippen LogP contribution in [0.25, 0.3) is 0 Å². The van der Waals surface area contributed by atoms with Crippen molar-refractivity contribution in [2.75, 3.05) is 6.50 Å². The molecule has 0 aromatic rings. The first-order chi connectivity index (χ1) is 6.18. The Bertz CT molecular complexity index is 237. The van der Waals surface area contributed by atoms with Crippen LogP contribution in [-0.4, -0.2) is 18.2 Å². The van der Waals surface area contributed by atoms with Gasteiger partial charge in [0.2, 0.25) is 5.91 Å². The van der Waals surface area contributed by atoms with Crippen molar-refractivity contribution in [2.45, 2.75) is 27.7 Å². The van der Waals surface area contributed by atoms with Crippen molar-refractivity contribution >= 4 is 11.7 Å². The molecule has 0 aromatic carbocycles. The van der Waals surface area contributed by atoms with Crippen LogP contribution < -0.4 is 5.32 Å². The average Bonchev–Trinajstić information content (AvgIpc) is 2.01. The zero-order valence-electron chi connectivity index (χ0n) is 9.97. The molecule has 0 bridgehead atoms. The summed E-state index contributed by atoms with van der Waals surface area (Å²) in [4.78, 5) is 22.5. The molecule has 0 aromatic heterocycles. The Morgan fingerprint density at radius 2 is 1.92 bits per heavy atom. The number of Topliss-reactive ketones (excluding diaryl/α,β-unsaturated/α-hetero) is 1. The molecule has 3 nitrogen and oxygen atoms in total. The van der Waals surface area contributed by atoms with Crippen LogP contribution in [0.2, 0.25) is 0 Å². The molecule has 0 fully saturated rings. The third kappa shape index (κ3) is 4.11. The molecule has 0 spiro atoms. The van der Waals surface area contributed by atoms with Gasteiger partial charge in [-0.2, -0.15) is 0 Å². The first-order valence-corrected chi connectivity index (χ1v) is 4.04. The Labute approximate surface area is 76.3 Å². The van der Waals surface area contributed by atoms with E-state index in [9.17, 15) is 9.59 Å². The Morgan fingerprint density at radius 3 is 2.25 bits per heavy atom. The number of nitrogens with one attached hydrogen (secondary N) is 1. The van der Waals surface area contributed by atoms with Gasteiger partial charge in [-0.15, -0.1) is 0 Å². The first-order valence-electron chi connectivity index (χ1n) is 5.04. The maximum absolute atomic E-state index is 11.3. The monoisotopic (exact) mass is 175 g/mol. The molecule has 0 rings (SSSR count). The lowest BCUT2D eigenvalue weighted by atomic mass is 10.1. The van der Waals surface area contributed by atoms with Gasteiger partial charge in [0, 0.05) is 11.8 Å². The topological polar surface area (TPSA) is 46.2 Å². The quantitative estimate of drug-likeness (QED) is 0.647. The molecule has 0 aliphatic carbocycles. The van der Waals surface area contributed by atoms with E-state index in [1.807, 2.05) is 0 Å². The predicted octanol–water partition coefficient (Wildman–Crippen LogP) is 0.984. The third-order valence-corrected chi connectivity index (χ3v) is 1.36. The molecule has 70 valence electrons. The number of carbonyl (C=O) groups excluding carboxylic acids is 2. The van der Waals surface area contributed by atoms with Crippen LogP contribution in [-0.2, 0) is 9.59 Å². The lowest BCUT2D eigenvalue weighted by Crippen LogP contribution is -2.34. The molecule has 0 heterocycles. The molecule has 0 unspecified atom stereocenters. The minimum Gasteiger partial charge on any atom is -0.349 e. The fraction of sp³-hybridized carbons (Fsp3) is 0.778. The number of rotatable bonds is 4. The van der Waals surface area contributed by atoms with Gasteiger partial charge in [0.1, 0.15) is 0 Å². The van der Waals surface area contributed by atoms with Crippen molar-refractivity contribution in [3.63, 3.8) is 0 Å². The van der Waals surface area contributed by atoms with E-state index in [1.165, 1.54) is 0 Å². The lowest BCUT2D eigenvalue weighted by Gasteiger charge is -2.07. The van der Waals surface area contributed by atoms with Crippen LogP contribution in [0.1, 0.15) is 30.4 Å². The number of ketones is 1. The fourth-order valence-corrected chi connectivity index (χ4v) is 0.412. The minimum atomic E-state index is -2.25. The second-order valence-corrected chi connectivity index (χ2v) is 3.29. The molecule has 0 saturated carbocycles. The van der Waals surface area contributed by atoms with Gasteiger partial charge in [0.25, 0.3) is 0 Å². The molecular weight excluding hydrogens is 156 g/mol. The van der Waals surface area contributed by atoms with E-state index in [4.69, 9.17) is 2.74 Å². The summed E-state index contributed by atoms with van der Waals surface area (Å²) in [5, 5.41) is 2.08. The van der Waals surface area contributed by atoms with Gasteiger partial charge in [0.05, 0.1) is 9.24 Å². The van der Waals surface area contributed by atoms with Crippen LogP contribution in [0, 0.1) is 11.8 Å². The first kappa shape index (κ1) is 7.77. The third-order valence-electron chi connectivity index (χ3n) is 1.36. The summed E-state index contributed by atoms with van der Waals surface area (Å²) >= 11 is 0. The Hall–Kier alpha value is -0.860. The number of amides is 1. The standard InChI is InChI=1S/C9H17NO2/c1-6(2)8(11)5-10-9(12)7(3)4/h6-7H,5H2,1-4H3,(H,10,12)/i5D2,12+2. The van der Waals surface area contributed by atoms with Crippen LogP contribution in [0.4, 0.5) is 0 Å². The van der Waals surface area contributed by atoms with E-state index in [-0.39, 0.29) is 5.92 Å². The van der Waals surface area contributed by atoms with E-state index >= 15 is 0 Å². The molecule has 1 amide bonds. The largest absolute Gasteiger partial charge is 0.349 e. The molecule has 0 aliphatic rings. The second-order valence-electron chi connectivity index (χ2n) is 3.29. The van der Waals surface area contributed by atoms with Gasteiger partial charge in [-0.25, -0.2) is 0 Å². The maximum Gasteiger partial charge on any atom is 0.222 e. The highest BCUT2D eigenvalue weighted by Crippen LogP contribution is 1.94. The molecule has 3 heteroatoms. The van der Waals surface area contributed by atoms with Gasteiger partial charge in [-0.1, -0.05) is 27.7 Å². The van der Waals surface area contributed by atoms with Crippen molar-refractivity contribution in [3.05, 3.63) is 0 Å². The molecule has 1 N–H and O–H groups in total. The maximum atomic E-state index is 11.3. The number of hydrogen-bond acceptors (Lipinski definition) is 2. The molecule has 0 radical (unpaired) electrons. The summed E-state index contributed by atoms with van der Waals surface area (Å²) in [6.07, 6.45) is 0. The van der Waals surface area contributed by atoms with Gasteiger partial charge < -0.3 is 5.32 Å². The lowest BCUT2D eigenvalue weighted by molar-refractivity contribution is -0.128. The highest BCUT2D eigenvalue weighted by atomic mass is 18.1. The van der Waals surface area contributed by atoms with Crippen molar-refractivity contribution in [2.24, 2.45) is 11.8 Å². The van der Waals surface area contributed by atoms with Gasteiger partial charge in [-0.3, -0.25) is 9.59 Å². The Balaban J connectivity index is 4.49. The summed E-state index contributed by atoms with van der Waals surface area (Å²) in [5.41, 5.74) is 0. The van der Waals surface area contributed by atoms with Crippen LogP contribution >= 0.6 is 0 Å². The van der Waals surface area contributed by atoms with E-state index in [1.54, 1.807) is 27.7 Å². The molecule has 0 atom stereocenters. The second kappa shape index (κ2) is 4.91. The van der Waals surface area contributed by atoms with Crippen molar-refractivity contribution in [1.29, 1.82) is 0 Å². The summed E-state index contributed by atoms with van der Waals surface area (Å²) < 4.78 is 14.7. The van der Waals surface area contributed by atoms with Gasteiger partial charge in [0.15, 0.2) is 5.78 Å². The van der Waals surface area contributed by atoms with Crippen molar-refractivity contribution < 1.29 is 12.3 Å². The SMILES string of the molecule is [2H]C([2H])(NC(=[18O])C(C)C)C(=O)C(C)C. The summed E-state index contributed by atoms with van der Waals surface area (Å²) in [5.74, 6) is -1.82. The van der Waals surface area contributed by atoms with Gasteiger partial charge >= 0.3 is 0 Å². The summed E-state index contributed by atoms with van der Waals surface area (Å²) in [6, 6.07) is 0. The van der Waals surface area contributed by atoms with Gasteiger partial charge in [-0.05, 0) is 0 Å². The number of hydrogen-bond donors (Lipinski definition) is 1. The highest BCUT2D eigenvalue weighted by Gasteiger charge is 2.10. The van der Waals surface area contributed by atoms with Crippen LogP contribution in [0.5, 0.6) is 0 Å². The predicted molar refractivity (Wildman–Crippen MR) is 47.7 cm³/mol. The molecule has 0 aliphatic heterocycles. The van der Waals surface area contributed by atoms with E-state index in [0.717, 1.165) is 0 Å². The van der Waals surface area contributed by atoms with Crippen molar-refractivity contribution in [3.8, 4) is 0 Å². The highest BCUT2D eigenvalue weighted by molar-refractivity contribution is 5.87. The molecule has 12 heavy (non-hydrogen) atoms. The zero-order chi connectivity index (χ0) is 11.5. The van der Waals surface area contributed by atoms with E-state index < -0.39 is 24.1 Å². The summed E-state index contributed by atoms with van der Waals surface area (Å²) in [6.45, 7) is 4.23. The average molecular weight is 175 g/mol. The summed E-state index contributed by atoms with van der Waals surface area (Å²) in [7, 11) is 0. The zero-order valence-corrected chi connectivity index (χ0v) is 7.97. The van der Waals surface area contributed by atoms with Crippen LogP contribution in [0.3, 0.4) is 0 Å². The Kier molecular flexibility index (Phi) is 3.18. The molecular formula is C9H17NO2. The van der Waals surface area contributed by atoms with Crippen LogP contribution in [0.15, 0.2) is 0 Å². The van der Waals surface area contributed by atoms with E-state index in [2.05, 4.69) is 5.32 Å².